The van der Waals surface area contributed by atoms with Gasteiger partial charge >= 0.3 is 5.97 Å². The van der Waals surface area contributed by atoms with Crippen LogP contribution in [0, 0.1) is 5.92 Å². The van der Waals surface area contributed by atoms with Gasteiger partial charge in [0.1, 0.15) is 0 Å². The molecule has 0 spiro atoms. The largest absolute Gasteiger partial charge is 0.481 e. The van der Waals surface area contributed by atoms with E-state index in [1.54, 1.807) is 4.90 Å². The number of carboxylic acid groups (broad SMARTS) is 1. The fourth-order valence-corrected chi connectivity index (χ4v) is 2.68. The summed E-state index contributed by atoms with van der Waals surface area (Å²) >= 11 is 0. The van der Waals surface area contributed by atoms with Crippen LogP contribution in [0.25, 0.3) is 0 Å². The Morgan fingerprint density at radius 2 is 1.95 bits per heavy atom. The molecule has 5 nitrogen and oxygen atoms in total. The normalized spacial score (nSPS) is 21.6. The van der Waals surface area contributed by atoms with Crippen molar-refractivity contribution in [2.45, 2.75) is 31.7 Å². The van der Waals surface area contributed by atoms with Gasteiger partial charge in [0.15, 0.2) is 0 Å². The Morgan fingerprint density at radius 3 is 2.50 bits per heavy atom. The number of rotatable bonds is 5. The number of hydrogen-bond acceptors (Lipinski definition) is 3. The summed E-state index contributed by atoms with van der Waals surface area (Å²) in [6.07, 6.45) is 2.54. The molecule has 1 fully saturated rings. The van der Waals surface area contributed by atoms with Gasteiger partial charge in [0, 0.05) is 18.3 Å². The SMILES string of the molecule is NC1CCCC1C(=O)N(CCC(=O)O)c1ccccc1. The van der Waals surface area contributed by atoms with Crippen LogP contribution in [0.2, 0.25) is 0 Å². The zero-order valence-electron chi connectivity index (χ0n) is 11.4. The molecule has 20 heavy (non-hydrogen) atoms. The summed E-state index contributed by atoms with van der Waals surface area (Å²) < 4.78 is 0. The molecule has 2 atom stereocenters. The number of hydrogen-bond donors (Lipinski definition) is 2. The van der Waals surface area contributed by atoms with E-state index in [0.717, 1.165) is 24.9 Å². The molecule has 3 N–H and O–H groups in total. The third kappa shape index (κ3) is 3.36. The highest BCUT2D eigenvalue weighted by Gasteiger charge is 2.33. The summed E-state index contributed by atoms with van der Waals surface area (Å²) in [5, 5.41) is 8.85. The van der Waals surface area contributed by atoms with Gasteiger partial charge in [-0.2, -0.15) is 0 Å². The van der Waals surface area contributed by atoms with Gasteiger partial charge in [0.25, 0.3) is 0 Å². The van der Waals surface area contributed by atoms with Gasteiger partial charge in [-0.1, -0.05) is 24.6 Å². The standard InChI is InChI=1S/C15H20N2O3/c16-13-8-4-7-12(13)15(20)17(10-9-14(18)19)11-5-2-1-3-6-11/h1-3,5-6,12-13H,4,7-10,16H2,(H,18,19). The predicted molar refractivity (Wildman–Crippen MR) is 76.4 cm³/mol. The molecule has 0 aliphatic heterocycles. The molecule has 0 bridgehead atoms. The Labute approximate surface area is 118 Å². The topological polar surface area (TPSA) is 83.6 Å². The minimum Gasteiger partial charge on any atom is -0.481 e. The Bertz CT molecular complexity index is 475. The van der Waals surface area contributed by atoms with E-state index < -0.39 is 5.97 Å². The molecule has 0 radical (unpaired) electrons. The van der Waals surface area contributed by atoms with E-state index in [2.05, 4.69) is 0 Å². The van der Waals surface area contributed by atoms with Crippen LogP contribution in [-0.4, -0.2) is 29.6 Å². The van der Waals surface area contributed by atoms with Crippen molar-refractivity contribution < 1.29 is 14.7 Å². The first-order chi connectivity index (χ1) is 9.59. The van der Waals surface area contributed by atoms with Crippen LogP contribution >= 0.6 is 0 Å². The summed E-state index contributed by atoms with van der Waals surface area (Å²) in [6, 6.07) is 9.07. The van der Waals surface area contributed by atoms with Gasteiger partial charge in [-0.15, -0.1) is 0 Å². The number of para-hydroxylation sites is 1. The average molecular weight is 276 g/mol. The number of benzene rings is 1. The van der Waals surface area contributed by atoms with Crippen LogP contribution in [0.1, 0.15) is 25.7 Å². The lowest BCUT2D eigenvalue weighted by molar-refractivity contribution is -0.136. The van der Waals surface area contributed by atoms with Gasteiger partial charge < -0.3 is 15.7 Å². The molecule has 5 heteroatoms. The van der Waals surface area contributed by atoms with Crippen molar-refractivity contribution in [3.8, 4) is 0 Å². The van der Waals surface area contributed by atoms with E-state index in [4.69, 9.17) is 10.8 Å². The van der Waals surface area contributed by atoms with Crippen molar-refractivity contribution in [2.75, 3.05) is 11.4 Å². The number of nitrogens with two attached hydrogens (primary N) is 1. The van der Waals surface area contributed by atoms with Crippen molar-refractivity contribution in [3.05, 3.63) is 30.3 Å². The fraction of sp³-hybridized carbons (Fsp3) is 0.467. The first-order valence-corrected chi connectivity index (χ1v) is 6.93. The van der Waals surface area contributed by atoms with Gasteiger partial charge in [-0.3, -0.25) is 9.59 Å². The molecule has 108 valence electrons. The predicted octanol–water partition coefficient (Wildman–Crippen LogP) is 1.62. The maximum Gasteiger partial charge on any atom is 0.305 e. The second-order valence-corrected chi connectivity index (χ2v) is 5.17. The van der Waals surface area contributed by atoms with Crippen molar-refractivity contribution in [2.24, 2.45) is 11.7 Å². The number of anilines is 1. The van der Waals surface area contributed by atoms with Crippen LogP contribution in [-0.2, 0) is 9.59 Å². The molecule has 1 aromatic rings. The Hall–Kier alpha value is -1.88. The number of carbonyl (C=O) groups excluding carboxylic acids is 1. The minimum atomic E-state index is -0.908. The van der Waals surface area contributed by atoms with Crippen LogP contribution in [0.15, 0.2) is 30.3 Å². The third-order valence-electron chi connectivity index (χ3n) is 3.77. The third-order valence-corrected chi connectivity index (χ3v) is 3.77. The molecule has 1 amide bonds. The number of nitrogens with zero attached hydrogens (tertiary/aromatic N) is 1. The molecular weight excluding hydrogens is 256 g/mol. The van der Waals surface area contributed by atoms with Gasteiger partial charge in [0.2, 0.25) is 5.91 Å². The van der Waals surface area contributed by atoms with Crippen molar-refractivity contribution in [1.29, 1.82) is 0 Å². The smallest absolute Gasteiger partial charge is 0.305 e. The Balaban J connectivity index is 2.17. The summed E-state index contributed by atoms with van der Waals surface area (Å²) in [5.41, 5.74) is 6.72. The van der Waals surface area contributed by atoms with Crippen molar-refractivity contribution in [1.82, 2.24) is 0 Å². The lowest BCUT2D eigenvalue weighted by Crippen LogP contribution is -2.42. The Morgan fingerprint density at radius 1 is 1.25 bits per heavy atom. The molecule has 0 saturated heterocycles. The summed E-state index contributed by atoms with van der Waals surface area (Å²) in [7, 11) is 0. The van der Waals surface area contributed by atoms with E-state index in [1.165, 1.54) is 0 Å². The van der Waals surface area contributed by atoms with E-state index in [0.29, 0.717) is 0 Å². The molecular formula is C15H20N2O3. The molecule has 0 aromatic heterocycles. The van der Waals surface area contributed by atoms with Gasteiger partial charge in [-0.25, -0.2) is 0 Å². The zero-order chi connectivity index (χ0) is 14.5. The van der Waals surface area contributed by atoms with E-state index in [9.17, 15) is 9.59 Å². The second kappa shape index (κ2) is 6.52. The molecule has 1 aliphatic carbocycles. The number of aliphatic carboxylic acids is 1. The number of carboxylic acids is 1. The summed E-state index contributed by atoms with van der Waals surface area (Å²) in [4.78, 5) is 25.0. The fourth-order valence-electron chi connectivity index (χ4n) is 2.68. The quantitative estimate of drug-likeness (QED) is 0.856. The van der Waals surface area contributed by atoms with Crippen LogP contribution < -0.4 is 10.6 Å². The summed E-state index contributed by atoms with van der Waals surface area (Å²) in [6.45, 7) is 0.182. The van der Waals surface area contributed by atoms with Gasteiger partial charge in [-0.05, 0) is 25.0 Å². The molecule has 1 saturated carbocycles. The lowest BCUT2D eigenvalue weighted by atomic mass is 10.0. The molecule has 2 rings (SSSR count). The maximum absolute atomic E-state index is 12.6. The molecule has 2 unspecified atom stereocenters. The zero-order valence-corrected chi connectivity index (χ0v) is 11.4. The van der Waals surface area contributed by atoms with E-state index >= 15 is 0 Å². The number of carbonyl (C=O) groups is 2. The first-order valence-electron chi connectivity index (χ1n) is 6.93. The van der Waals surface area contributed by atoms with Crippen molar-refractivity contribution >= 4 is 17.6 Å². The molecule has 1 aliphatic rings. The second-order valence-electron chi connectivity index (χ2n) is 5.17. The summed E-state index contributed by atoms with van der Waals surface area (Å²) in [5.74, 6) is -1.15. The van der Waals surface area contributed by atoms with Crippen molar-refractivity contribution in [3.63, 3.8) is 0 Å². The Kier molecular flexibility index (Phi) is 4.74. The highest BCUT2D eigenvalue weighted by molar-refractivity contribution is 5.96. The van der Waals surface area contributed by atoms with Crippen LogP contribution in [0.5, 0.6) is 0 Å². The van der Waals surface area contributed by atoms with E-state index in [-0.39, 0.29) is 30.8 Å². The highest BCUT2D eigenvalue weighted by atomic mass is 16.4. The molecule has 0 heterocycles. The maximum atomic E-state index is 12.6. The van der Waals surface area contributed by atoms with Gasteiger partial charge in [0.05, 0.1) is 12.3 Å². The monoisotopic (exact) mass is 276 g/mol. The average Bonchev–Trinajstić information content (AvgIpc) is 2.86. The minimum absolute atomic E-state index is 0.0533. The first kappa shape index (κ1) is 14.5. The molecule has 1 aromatic carbocycles. The lowest BCUT2D eigenvalue weighted by Gasteiger charge is -2.27. The number of amides is 1. The van der Waals surface area contributed by atoms with Crippen LogP contribution in [0.3, 0.4) is 0 Å². The van der Waals surface area contributed by atoms with Crippen LogP contribution in [0.4, 0.5) is 5.69 Å². The highest BCUT2D eigenvalue weighted by Crippen LogP contribution is 2.28. The van der Waals surface area contributed by atoms with E-state index in [1.807, 2.05) is 30.3 Å².